The third-order valence-corrected chi connectivity index (χ3v) is 4.77. The van der Waals surface area contributed by atoms with Crippen LogP contribution >= 0.6 is 11.3 Å². The number of ether oxygens (including phenoxy) is 1. The zero-order chi connectivity index (χ0) is 17.2. The first-order valence-corrected chi connectivity index (χ1v) is 9.11. The van der Waals surface area contributed by atoms with E-state index < -0.39 is 5.60 Å². The average molecular weight is 349 g/mol. The zero-order valence-electron chi connectivity index (χ0n) is 14.3. The lowest BCUT2D eigenvalue weighted by atomic mass is 9.97. The molecule has 24 heavy (non-hydrogen) atoms. The smallest absolute Gasteiger partial charge is 0.410 e. The number of thiophene rings is 1. The van der Waals surface area contributed by atoms with Crippen molar-refractivity contribution in [2.45, 2.75) is 51.6 Å². The number of hydrogen-bond acceptors (Lipinski definition) is 6. The van der Waals surface area contributed by atoms with E-state index in [2.05, 4.69) is 16.2 Å². The SMILES string of the molecule is CC(C)(C)OC(=O)N1CCC(c2nc(Cc3cccs3)no2)CC1. The first kappa shape index (κ1) is 17.0. The fraction of sp³-hybridized carbons (Fsp3) is 0.588. The number of likely N-dealkylation sites (tertiary alicyclic amines) is 1. The second kappa shape index (κ2) is 6.93. The summed E-state index contributed by atoms with van der Waals surface area (Å²) in [5.41, 5.74) is -0.461. The van der Waals surface area contributed by atoms with Crippen LogP contribution in [0.3, 0.4) is 0 Å². The maximum absolute atomic E-state index is 12.1. The van der Waals surface area contributed by atoms with Crippen molar-refractivity contribution in [1.82, 2.24) is 15.0 Å². The highest BCUT2D eigenvalue weighted by Gasteiger charge is 2.30. The van der Waals surface area contributed by atoms with Crippen LogP contribution in [-0.4, -0.2) is 39.8 Å². The maximum Gasteiger partial charge on any atom is 0.410 e. The van der Waals surface area contributed by atoms with Gasteiger partial charge >= 0.3 is 6.09 Å². The predicted octanol–water partition coefficient (Wildman–Crippen LogP) is 3.84. The van der Waals surface area contributed by atoms with Crippen molar-refractivity contribution < 1.29 is 14.1 Å². The Balaban J connectivity index is 1.53. The van der Waals surface area contributed by atoms with Gasteiger partial charge in [0.05, 0.1) is 0 Å². The molecule has 0 bridgehead atoms. The molecule has 0 saturated carbocycles. The maximum atomic E-state index is 12.1. The van der Waals surface area contributed by atoms with E-state index in [0.29, 0.717) is 25.4 Å². The second-order valence-corrected chi connectivity index (χ2v) is 8.08. The van der Waals surface area contributed by atoms with Crippen LogP contribution in [0.1, 0.15) is 56.1 Å². The molecule has 6 nitrogen and oxygen atoms in total. The lowest BCUT2D eigenvalue weighted by molar-refractivity contribution is 0.0198. The Kier molecular flexibility index (Phi) is 4.89. The fourth-order valence-corrected chi connectivity index (χ4v) is 3.41. The first-order valence-electron chi connectivity index (χ1n) is 8.23. The lowest BCUT2D eigenvalue weighted by Gasteiger charge is -2.32. The van der Waals surface area contributed by atoms with Gasteiger partial charge in [0.1, 0.15) is 5.60 Å². The van der Waals surface area contributed by atoms with Gasteiger partial charge in [-0.1, -0.05) is 11.2 Å². The van der Waals surface area contributed by atoms with Crippen LogP contribution in [0.4, 0.5) is 4.79 Å². The van der Waals surface area contributed by atoms with E-state index in [1.807, 2.05) is 32.2 Å². The van der Waals surface area contributed by atoms with Crippen LogP contribution in [0.25, 0.3) is 0 Å². The largest absolute Gasteiger partial charge is 0.444 e. The molecule has 0 N–H and O–H groups in total. The van der Waals surface area contributed by atoms with E-state index in [9.17, 15) is 4.79 Å². The van der Waals surface area contributed by atoms with Gasteiger partial charge in [-0.05, 0) is 45.1 Å². The van der Waals surface area contributed by atoms with Gasteiger partial charge in [0.2, 0.25) is 5.89 Å². The molecule has 0 spiro atoms. The van der Waals surface area contributed by atoms with Crippen LogP contribution in [0, 0.1) is 0 Å². The third-order valence-electron chi connectivity index (χ3n) is 3.89. The molecular weight excluding hydrogens is 326 g/mol. The summed E-state index contributed by atoms with van der Waals surface area (Å²) in [7, 11) is 0. The summed E-state index contributed by atoms with van der Waals surface area (Å²) in [6, 6.07) is 4.09. The molecule has 3 heterocycles. The topological polar surface area (TPSA) is 68.5 Å². The van der Waals surface area contributed by atoms with Crippen molar-refractivity contribution in [2.75, 3.05) is 13.1 Å². The normalized spacial score (nSPS) is 16.4. The number of amides is 1. The summed E-state index contributed by atoms with van der Waals surface area (Å²) in [4.78, 5) is 19.6. The Hall–Kier alpha value is -1.89. The molecule has 1 saturated heterocycles. The third kappa shape index (κ3) is 4.35. The molecule has 0 radical (unpaired) electrons. The average Bonchev–Trinajstić information content (AvgIpc) is 3.18. The molecule has 130 valence electrons. The van der Waals surface area contributed by atoms with E-state index in [-0.39, 0.29) is 12.0 Å². The van der Waals surface area contributed by atoms with E-state index in [1.54, 1.807) is 16.2 Å². The first-order chi connectivity index (χ1) is 11.4. The molecule has 3 rings (SSSR count). The van der Waals surface area contributed by atoms with Gasteiger partial charge in [0, 0.05) is 30.3 Å². The molecule has 1 aliphatic heterocycles. The highest BCUT2D eigenvalue weighted by Crippen LogP contribution is 2.28. The molecule has 0 unspecified atom stereocenters. The number of nitrogens with zero attached hydrogens (tertiary/aromatic N) is 3. The molecule has 1 amide bonds. The van der Waals surface area contributed by atoms with Crippen molar-refractivity contribution in [3.63, 3.8) is 0 Å². The van der Waals surface area contributed by atoms with Crippen LogP contribution in [0.5, 0.6) is 0 Å². The molecule has 1 aliphatic rings. The minimum absolute atomic E-state index is 0.216. The zero-order valence-corrected chi connectivity index (χ0v) is 15.1. The highest BCUT2D eigenvalue weighted by molar-refractivity contribution is 7.09. The standard InChI is InChI=1S/C17H23N3O3S/c1-17(2,3)22-16(21)20-8-6-12(7-9-20)15-18-14(19-23-15)11-13-5-4-10-24-13/h4-5,10,12H,6-9,11H2,1-3H3. The van der Waals surface area contributed by atoms with Gasteiger partial charge in [-0.25, -0.2) is 4.79 Å². The van der Waals surface area contributed by atoms with Gasteiger partial charge in [-0.3, -0.25) is 0 Å². The molecule has 0 aromatic carbocycles. The van der Waals surface area contributed by atoms with Crippen LogP contribution < -0.4 is 0 Å². The Morgan fingerprint density at radius 1 is 1.42 bits per heavy atom. The summed E-state index contributed by atoms with van der Waals surface area (Å²) in [5, 5.41) is 6.13. The van der Waals surface area contributed by atoms with E-state index in [1.165, 1.54) is 4.88 Å². The second-order valence-electron chi connectivity index (χ2n) is 7.05. The van der Waals surface area contributed by atoms with Crippen molar-refractivity contribution in [2.24, 2.45) is 0 Å². The summed E-state index contributed by atoms with van der Waals surface area (Å²) < 4.78 is 10.9. The molecular formula is C17H23N3O3S. The number of hydrogen-bond donors (Lipinski definition) is 0. The van der Waals surface area contributed by atoms with E-state index in [0.717, 1.165) is 18.7 Å². The molecule has 7 heteroatoms. The lowest BCUT2D eigenvalue weighted by Crippen LogP contribution is -2.41. The number of carbonyl (C=O) groups excluding carboxylic acids is 1. The molecule has 2 aromatic rings. The van der Waals surface area contributed by atoms with Crippen LogP contribution in [0.15, 0.2) is 22.0 Å². The van der Waals surface area contributed by atoms with Gasteiger partial charge in [0.25, 0.3) is 0 Å². The van der Waals surface area contributed by atoms with Crippen LogP contribution in [-0.2, 0) is 11.2 Å². The van der Waals surface area contributed by atoms with Crippen molar-refractivity contribution in [1.29, 1.82) is 0 Å². The monoisotopic (exact) mass is 349 g/mol. The van der Waals surface area contributed by atoms with Gasteiger partial charge in [0.15, 0.2) is 5.82 Å². The number of carbonyl (C=O) groups is 1. The predicted molar refractivity (Wildman–Crippen MR) is 91.2 cm³/mol. The molecule has 0 aliphatic carbocycles. The minimum Gasteiger partial charge on any atom is -0.444 e. The number of piperidine rings is 1. The summed E-state index contributed by atoms with van der Waals surface area (Å²) >= 11 is 1.69. The van der Waals surface area contributed by atoms with Crippen molar-refractivity contribution in [3.05, 3.63) is 34.1 Å². The number of rotatable bonds is 3. The Bertz CT molecular complexity index is 668. The highest BCUT2D eigenvalue weighted by atomic mass is 32.1. The Labute approximate surface area is 145 Å². The van der Waals surface area contributed by atoms with Gasteiger partial charge in [-0.2, -0.15) is 4.98 Å². The van der Waals surface area contributed by atoms with E-state index in [4.69, 9.17) is 9.26 Å². The van der Waals surface area contributed by atoms with Gasteiger partial charge < -0.3 is 14.2 Å². The molecule has 2 aromatic heterocycles. The van der Waals surface area contributed by atoms with Crippen molar-refractivity contribution in [3.8, 4) is 0 Å². The molecule has 1 fully saturated rings. The van der Waals surface area contributed by atoms with Crippen LogP contribution in [0.2, 0.25) is 0 Å². The summed E-state index contributed by atoms with van der Waals surface area (Å²) in [5.74, 6) is 1.63. The Morgan fingerprint density at radius 2 is 2.17 bits per heavy atom. The minimum atomic E-state index is -0.461. The van der Waals surface area contributed by atoms with E-state index >= 15 is 0 Å². The van der Waals surface area contributed by atoms with Crippen molar-refractivity contribution >= 4 is 17.4 Å². The molecule has 0 atom stereocenters. The fourth-order valence-electron chi connectivity index (χ4n) is 2.71. The Morgan fingerprint density at radius 3 is 2.79 bits per heavy atom. The quantitative estimate of drug-likeness (QED) is 0.842. The van der Waals surface area contributed by atoms with Gasteiger partial charge in [-0.15, -0.1) is 11.3 Å². The summed E-state index contributed by atoms with van der Waals surface area (Å²) in [6.07, 6.45) is 2.10. The number of aromatic nitrogens is 2. The summed E-state index contributed by atoms with van der Waals surface area (Å²) in [6.45, 7) is 6.95.